The number of fused-ring (bicyclic) bond motifs is 1. The van der Waals surface area contributed by atoms with Crippen LogP contribution in [0.1, 0.15) is 12.5 Å². The van der Waals surface area contributed by atoms with Crippen molar-refractivity contribution in [1.29, 1.82) is 0 Å². The number of para-hydroxylation sites is 3. The first-order valence-corrected chi connectivity index (χ1v) is 7.69. The molecule has 0 spiro atoms. The highest BCUT2D eigenvalue weighted by atomic mass is 16.2. The molecule has 0 saturated carbocycles. The van der Waals surface area contributed by atoms with Crippen LogP contribution in [0.3, 0.4) is 0 Å². The van der Waals surface area contributed by atoms with E-state index in [1.54, 1.807) is 24.3 Å². The zero-order chi connectivity index (χ0) is 17.1. The van der Waals surface area contributed by atoms with Crippen LogP contribution in [0.5, 0.6) is 0 Å². The van der Waals surface area contributed by atoms with Crippen molar-refractivity contribution in [3.63, 3.8) is 0 Å². The molecule has 1 heterocycles. The van der Waals surface area contributed by atoms with Gasteiger partial charge in [-0.15, -0.1) is 0 Å². The summed E-state index contributed by atoms with van der Waals surface area (Å²) in [7, 11) is 0. The molecule has 6 heteroatoms. The van der Waals surface area contributed by atoms with Crippen LogP contribution >= 0.6 is 0 Å². The number of nitrogens with zero attached hydrogens (tertiary/aromatic N) is 1. The Hall–Kier alpha value is -3.15. The van der Waals surface area contributed by atoms with E-state index in [2.05, 4.69) is 10.3 Å². The lowest BCUT2D eigenvalue weighted by atomic mass is 10.1. The van der Waals surface area contributed by atoms with E-state index in [1.807, 2.05) is 31.2 Å². The van der Waals surface area contributed by atoms with Gasteiger partial charge in [0.05, 0.1) is 11.0 Å². The van der Waals surface area contributed by atoms with Crippen molar-refractivity contribution in [3.05, 3.63) is 74.8 Å². The van der Waals surface area contributed by atoms with Gasteiger partial charge >= 0.3 is 11.1 Å². The highest BCUT2D eigenvalue weighted by Crippen LogP contribution is 2.15. The van der Waals surface area contributed by atoms with Gasteiger partial charge in [0.2, 0.25) is 5.91 Å². The molecular weight excluding hydrogens is 306 g/mol. The number of carbonyl (C=O) groups is 1. The molecule has 1 aromatic heterocycles. The monoisotopic (exact) mass is 323 g/mol. The molecule has 24 heavy (non-hydrogen) atoms. The van der Waals surface area contributed by atoms with Gasteiger partial charge in [-0.2, -0.15) is 0 Å². The van der Waals surface area contributed by atoms with Gasteiger partial charge in [0.15, 0.2) is 0 Å². The van der Waals surface area contributed by atoms with Gasteiger partial charge in [-0.3, -0.25) is 19.0 Å². The second-order valence-electron chi connectivity index (χ2n) is 5.42. The summed E-state index contributed by atoms with van der Waals surface area (Å²) >= 11 is 0. The minimum absolute atomic E-state index is 0.221. The Morgan fingerprint density at radius 2 is 1.79 bits per heavy atom. The van der Waals surface area contributed by atoms with Crippen molar-refractivity contribution in [3.8, 4) is 0 Å². The van der Waals surface area contributed by atoms with Crippen molar-refractivity contribution in [1.82, 2.24) is 9.55 Å². The van der Waals surface area contributed by atoms with Gasteiger partial charge in [-0.1, -0.05) is 37.3 Å². The minimum Gasteiger partial charge on any atom is -0.324 e. The molecule has 0 bridgehead atoms. The molecule has 0 radical (unpaired) electrons. The van der Waals surface area contributed by atoms with Gasteiger partial charge < -0.3 is 10.3 Å². The van der Waals surface area contributed by atoms with E-state index in [0.717, 1.165) is 12.0 Å². The number of nitrogens with one attached hydrogen (secondary N) is 2. The molecule has 0 fully saturated rings. The van der Waals surface area contributed by atoms with Crippen molar-refractivity contribution < 1.29 is 4.79 Å². The van der Waals surface area contributed by atoms with Crippen molar-refractivity contribution in [2.75, 3.05) is 5.32 Å². The van der Waals surface area contributed by atoms with Crippen LogP contribution in [0, 0.1) is 0 Å². The Kier molecular flexibility index (Phi) is 4.29. The summed E-state index contributed by atoms with van der Waals surface area (Å²) in [4.78, 5) is 38.8. The number of carbonyl (C=O) groups excluding carboxylic acids is 1. The average molecular weight is 323 g/mol. The fourth-order valence-electron chi connectivity index (χ4n) is 2.66. The third-order valence-corrected chi connectivity index (χ3v) is 3.86. The molecule has 0 aliphatic heterocycles. The SMILES string of the molecule is CCc1ccccc1NC(=O)Cn1c(=O)c(=O)[nH]c2ccccc21. The van der Waals surface area contributed by atoms with Crippen LogP contribution in [-0.4, -0.2) is 15.5 Å². The van der Waals surface area contributed by atoms with E-state index in [0.29, 0.717) is 16.7 Å². The number of benzene rings is 2. The number of hydrogen-bond acceptors (Lipinski definition) is 3. The number of rotatable bonds is 4. The van der Waals surface area contributed by atoms with E-state index in [9.17, 15) is 14.4 Å². The lowest BCUT2D eigenvalue weighted by molar-refractivity contribution is -0.116. The lowest BCUT2D eigenvalue weighted by Crippen LogP contribution is -2.38. The molecule has 1 amide bonds. The first kappa shape index (κ1) is 15.7. The molecule has 0 unspecified atom stereocenters. The number of H-pyrrole nitrogens is 1. The second kappa shape index (κ2) is 6.54. The molecule has 2 aromatic carbocycles. The zero-order valence-corrected chi connectivity index (χ0v) is 13.2. The van der Waals surface area contributed by atoms with E-state index in [1.165, 1.54) is 4.57 Å². The number of aromatic nitrogens is 2. The average Bonchev–Trinajstić information content (AvgIpc) is 2.59. The number of aryl methyl sites for hydroxylation is 1. The van der Waals surface area contributed by atoms with Crippen molar-refractivity contribution >= 4 is 22.6 Å². The third-order valence-electron chi connectivity index (χ3n) is 3.86. The number of aromatic amines is 1. The van der Waals surface area contributed by atoms with Gasteiger partial charge in [0.1, 0.15) is 6.54 Å². The quantitative estimate of drug-likeness (QED) is 0.719. The van der Waals surface area contributed by atoms with Gasteiger partial charge in [0, 0.05) is 5.69 Å². The zero-order valence-electron chi connectivity index (χ0n) is 13.2. The van der Waals surface area contributed by atoms with E-state index in [4.69, 9.17) is 0 Å². The topological polar surface area (TPSA) is 84.0 Å². The van der Waals surface area contributed by atoms with Crippen molar-refractivity contribution in [2.24, 2.45) is 0 Å². The molecule has 3 rings (SSSR count). The Balaban J connectivity index is 1.95. The summed E-state index contributed by atoms with van der Waals surface area (Å²) in [6.07, 6.45) is 0.782. The second-order valence-corrected chi connectivity index (χ2v) is 5.42. The fraction of sp³-hybridized carbons (Fsp3) is 0.167. The summed E-state index contributed by atoms with van der Waals surface area (Å²) in [5, 5.41) is 2.81. The van der Waals surface area contributed by atoms with Gasteiger partial charge in [-0.05, 0) is 30.2 Å². The molecule has 122 valence electrons. The number of hydrogen-bond donors (Lipinski definition) is 2. The summed E-state index contributed by atoms with van der Waals surface area (Å²) < 4.78 is 1.19. The van der Waals surface area contributed by atoms with Crippen LogP contribution in [0.2, 0.25) is 0 Å². The van der Waals surface area contributed by atoms with Gasteiger partial charge in [-0.25, -0.2) is 0 Å². The summed E-state index contributed by atoms with van der Waals surface area (Å²) in [6.45, 7) is 1.78. The predicted octanol–water partition coefficient (Wildman–Crippen LogP) is 1.89. The molecule has 6 nitrogen and oxygen atoms in total. The number of anilines is 1. The Labute approximate surface area is 137 Å². The van der Waals surface area contributed by atoms with E-state index in [-0.39, 0.29) is 12.5 Å². The molecule has 0 aliphatic carbocycles. The van der Waals surface area contributed by atoms with E-state index >= 15 is 0 Å². The minimum atomic E-state index is -0.743. The van der Waals surface area contributed by atoms with Gasteiger partial charge in [0.25, 0.3) is 0 Å². The molecule has 3 aromatic rings. The largest absolute Gasteiger partial charge is 0.324 e. The number of amides is 1. The molecule has 0 aliphatic rings. The summed E-state index contributed by atoms with van der Waals surface area (Å²) in [5.41, 5.74) is 1.27. The lowest BCUT2D eigenvalue weighted by Gasteiger charge is -2.12. The van der Waals surface area contributed by atoms with E-state index < -0.39 is 11.1 Å². The fourth-order valence-corrected chi connectivity index (χ4v) is 2.66. The molecule has 2 N–H and O–H groups in total. The first-order chi connectivity index (χ1) is 11.6. The predicted molar refractivity (Wildman–Crippen MR) is 93.3 cm³/mol. The maximum Gasteiger partial charge on any atom is 0.317 e. The van der Waals surface area contributed by atoms with Crippen LogP contribution in [0.4, 0.5) is 5.69 Å². The van der Waals surface area contributed by atoms with Crippen molar-refractivity contribution in [2.45, 2.75) is 19.9 Å². The summed E-state index contributed by atoms with van der Waals surface area (Å²) in [6, 6.07) is 14.4. The molecule has 0 atom stereocenters. The maximum absolute atomic E-state index is 12.4. The first-order valence-electron chi connectivity index (χ1n) is 7.69. The smallest absolute Gasteiger partial charge is 0.317 e. The molecular formula is C18H17N3O3. The standard InChI is InChI=1S/C18H17N3O3/c1-2-12-7-3-4-8-13(12)19-16(22)11-21-15-10-6-5-9-14(15)20-17(23)18(21)24/h3-10H,2,11H2,1H3,(H,19,22)(H,20,23). The van der Waals surface area contributed by atoms with Crippen LogP contribution in [0.25, 0.3) is 11.0 Å². The Bertz CT molecular complexity index is 1020. The Morgan fingerprint density at radius 3 is 2.58 bits per heavy atom. The molecule has 0 saturated heterocycles. The van der Waals surface area contributed by atoms with Crippen LogP contribution in [0.15, 0.2) is 58.1 Å². The van der Waals surface area contributed by atoms with Crippen LogP contribution in [-0.2, 0) is 17.8 Å². The Morgan fingerprint density at radius 1 is 1.08 bits per heavy atom. The highest BCUT2D eigenvalue weighted by molar-refractivity contribution is 5.92. The summed E-state index contributed by atoms with van der Waals surface area (Å²) in [5.74, 6) is -0.353. The third kappa shape index (κ3) is 2.99. The highest BCUT2D eigenvalue weighted by Gasteiger charge is 2.12. The normalized spacial score (nSPS) is 10.7. The maximum atomic E-state index is 12.4. The van der Waals surface area contributed by atoms with Crippen LogP contribution < -0.4 is 16.4 Å².